The van der Waals surface area contributed by atoms with Gasteiger partial charge in [0, 0.05) is 6.42 Å². The minimum absolute atomic E-state index is 0.0462. The molecule has 5 heteroatoms. The Hall–Kier alpha value is -1.75. The molecular formula is C16H21N3OS. The van der Waals surface area contributed by atoms with Gasteiger partial charge in [-0.1, -0.05) is 60.9 Å². The van der Waals surface area contributed by atoms with Gasteiger partial charge in [-0.05, 0) is 18.9 Å². The van der Waals surface area contributed by atoms with Crippen LogP contribution in [-0.4, -0.2) is 16.1 Å². The predicted molar refractivity (Wildman–Crippen MR) is 86.7 cm³/mol. The Morgan fingerprint density at radius 2 is 1.95 bits per heavy atom. The molecule has 1 amide bonds. The van der Waals surface area contributed by atoms with Crippen LogP contribution in [0.4, 0.5) is 5.13 Å². The van der Waals surface area contributed by atoms with E-state index in [1.54, 1.807) is 0 Å². The highest BCUT2D eigenvalue weighted by molar-refractivity contribution is 7.15. The number of amides is 1. The van der Waals surface area contributed by atoms with E-state index in [9.17, 15) is 4.79 Å². The number of unbranched alkanes of at least 4 members (excludes halogenated alkanes) is 2. The number of nitrogens with one attached hydrogen (secondary N) is 1. The number of rotatable bonds is 7. The van der Waals surface area contributed by atoms with E-state index in [1.807, 2.05) is 31.2 Å². The van der Waals surface area contributed by atoms with Crippen molar-refractivity contribution >= 4 is 22.4 Å². The van der Waals surface area contributed by atoms with E-state index in [1.165, 1.54) is 29.7 Å². The van der Waals surface area contributed by atoms with Gasteiger partial charge in [0.1, 0.15) is 5.01 Å². The molecule has 0 atom stereocenters. The third-order valence-corrected chi connectivity index (χ3v) is 4.09. The lowest BCUT2D eigenvalue weighted by Gasteiger charge is -2.02. The van der Waals surface area contributed by atoms with Crippen LogP contribution in [0.2, 0.25) is 0 Å². The first-order chi connectivity index (χ1) is 10.2. The van der Waals surface area contributed by atoms with E-state index in [0.717, 1.165) is 23.4 Å². The number of carbonyl (C=O) groups excluding carboxylic acids is 1. The van der Waals surface area contributed by atoms with Crippen LogP contribution in [0.15, 0.2) is 24.3 Å². The summed E-state index contributed by atoms with van der Waals surface area (Å²) in [5.74, 6) is -0.0462. The maximum Gasteiger partial charge on any atom is 0.230 e. The summed E-state index contributed by atoms with van der Waals surface area (Å²) in [7, 11) is 0. The standard InChI is InChI=1S/C16H21N3OS/c1-3-4-5-6-15-18-19-16(21-15)17-14(20)11-13-9-7-12(2)8-10-13/h7-10H,3-6,11H2,1-2H3,(H,17,19,20). The lowest BCUT2D eigenvalue weighted by atomic mass is 10.1. The topological polar surface area (TPSA) is 54.9 Å². The largest absolute Gasteiger partial charge is 0.300 e. The number of hydrogen-bond donors (Lipinski definition) is 1. The summed E-state index contributed by atoms with van der Waals surface area (Å²) in [6.07, 6.45) is 4.83. The van der Waals surface area contributed by atoms with E-state index in [0.29, 0.717) is 11.6 Å². The smallest absolute Gasteiger partial charge is 0.230 e. The molecule has 2 aromatic rings. The number of carbonyl (C=O) groups is 1. The Labute approximate surface area is 129 Å². The van der Waals surface area contributed by atoms with Gasteiger partial charge >= 0.3 is 0 Å². The van der Waals surface area contributed by atoms with Gasteiger partial charge in [0.25, 0.3) is 0 Å². The first-order valence-corrected chi connectivity index (χ1v) is 8.17. The van der Waals surface area contributed by atoms with Crippen molar-refractivity contribution < 1.29 is 4.79 Å². The van der Waals surface area contributed by atoms with Crippen LogP contribution in [0, 0.1) is 6.92 Å². The quantitative estimate of drug-likeness (QED) is 0.792. The molecule has 0 aliphatic rings. The Balaban J connectivity index is 1.83. The lowest BCUT2D eigenvalue weighted by molar-refractivity contribution is -0.115. The Kier molecular flexibility index (Phi) is 5.87. The first kappa shape index (κ1) is 15.6. The average Bonchev–Trinajstić information content (AvgIpc) is 2.89. The van der Waals surface area contributed by atoms with Crippen LogP contribution >= 0.6 is 11.3 Å². The maximum atomic E-state index is 12.0. The fraction of sp³-hybridized carbons (Fsp3) is 0.438. The Morgan fingerprint density at radius 3 is 2.67 bits per heavy atom. The van der Waals surface area contributed by atoms with Gasteiger partial charge in [-0.3, -0.25) is 4.79 Å². The minimum Gasteiger partial charge on any atom is -0.300 e. The van der Waals surface area contributed by atoms with Crippen LogP contribution in [-0.2, 0) is 17.6 Å². The zero-order chi connectivity index (χ0) is 15.1. The number of hydrogen-bond acceptors (Lipinski definition) is 4. The molecule has 21 heavy (non-hydrogen) atoms. The highest BCUT2D eigenvalue weighted by atomic mass is 32.1. The molecule has 1 heterocycles. The van der Waals surface area contributed by atoms with Crippen molar-refractivity contribution in [1.29, 1.82) is 0 Å². The molecule has 4 nitrogen and oxygen atoms in total. The molecule has 112 valence electrons. The summed E-state index contributed by atoms with van der Waals surface area (Å²) in [4.78, 5) is 12.0. The molecule has 0 fully saturated rings. The van der Waals surface area contributed by atoms with E-state index in [2.05, 4.69) is 22.4 Å². The molecule has 0 saturated carbocycles. The molecule has 1 N–H and O–H groups in total. The second-order valence-corrected chi connectivity index (χ2v) is 6.23. The number of nitrogens with zero attached hydrogens (tertiary/aromatic N) is 2. The predicted octanol–water partition coefficient (Wildman–Crippen LogP) is 3.76. The molecular weight excluding hydrogens is 282 g/mol. The van der Waals surface area contributed by atoms with Crippen molar-refractivity contribution in [3.05, 3.63) is 40.4 Å². The molecule has 0 aliphatic heterocycles. The van der Waals surface area contributed by atoms with Crippen molar-refractivity contribution in [3.63, 3.8) is 0 Å². The molecule has 0 spiro atoms. The molecule has 0 radical (unpaired) electrons. The summed E-state index contributed by atoms with van der Waals surface area (Å²) in [5, 5.41) is 12.6. The van der Waals surface area contributed by atoms with Gasteiger partial charge in [-0.25, -0.2) is 0 Å². The van der Waals surface area contributed by atoms with Crippen LogP contribution in [0.5, 0.6) is 0 Å². The van der Waals surface area contributed by atoms with Gasteiger partial charge in [0.15, 0.2) is 0 Å². The third-order valence-electron chi connectivity index (χ3n) is 3.19. The van der Waals surface area contributed by atoms with Crippen LogP contribution in [0.1, 0.15) is 42.3 Å². The average molecular weight is 303 g/mol. The summed E-state index contributed by atoms with van der Waals surface area (Å²) < 4.78 is 0. The highest BCUT2D eigenvalue weighted by Crippen LogP contribution is 2.17. The van der Waals surface area contributed by atoms with Crippen LogP contribution in [0.3, 0.4) is 0 Å². The number of aryl methyl sites for hydroxylation is 2. The molecule has 2 rings (SSSR count). The molecule has 0 bridgehead atoms. The summed E-state index contributed by atoms with van der Waals surface area (Å²) >= 11 is 1.47. The van der Waals surface area contributed by atoms with Crippen molar-refractivity contribution in [2.75, 3.05) is 5.32 Å². The molecule has 1 aromatic carbocycles. The van der Waals surface area contributed by atoms with Crippen molar-refractivity contribution in [1.82, 2.24) is 10.2 Å². The molecule has 0 aliphatic carbocycles. The summed E-state index contributed by atoms with van der Waals surface area (Å²) in [6, 6.07) is 7.98. The van der Waals surface area contributed by atoms with E-state index in [4.69, 9.17) is 0 Å². The summed E-state index contributed by atoms with van der Waals surface area (Å²) in [5.41, 5.74) is 2.20. The molecule has 0 saturated heterocycles. The van der Waals surface area contributed by atoms with Crippen molar-refractivity contribution in [3.8, 4) is 0 Å². The van der Waals surface area contributed by atoms with E-state index < -0.39 is 0 Å². The van der Waals surface area contributed by atoms with Crippen molar-refractivity contribution in [2.45, 2.75) is 46.0 Å². The monoisotopic (exact) mass is 303 g/mol. The SMILES string of the molecule is CCCCCc1nnc(NC(=O)Cc2ccc(C)cc2)s1. The van der Waals surface area contributed by atoms with E-state index >= 15 is 0 Å². The zero-order valence-corrected chi connectivity index (χ0v) is 13.4. The first-order valence-electron chi connectivity index (χ1n) is 7.35. The van der Waals surface area contributed by atoms with Gasteiger partial charge in [-0.15, -0.1) is 10.2 Å². The number of benzene rings is 1. The highest BCUT2D eigenvalue weighted by Gasteiger charge is 2.08. The van der Waals surface area contributed by atoms with Gasteiger partial charge in [0.05, 0.1) is 6.42 Å². The van der Waals surface area contributed by atoms with Crippen molar-refractivity contribution in [2.24, 2.45) is 0 Å². The third kappa shape index (κ3) is 5.27. The van der Waals surface area contributed by atoms with E-state index in [-0.39, 0.29) is 5.91 Å². The minimum atomic E-state index is -0.0462. The lowest BCUT2D eigenvalue weighted by Crippen LogP contribution is -2.14. The van der Waals surface area contributed by atoms with Gasteiger partial charge in [-0.2, -0.15) is 0 Å². The Bertz CT molecular complexity index is 577. The molecule has 0 unspecified atom stereocenters. The maximum absolute atomic E-state index is 12.0. The Morgan fingerprint density at radius 1 is 1.19 bits per heavy atom. The number of anilines is 1. The molecule has 1 aromatic heterocycles. The van der Waals surface area contributed by atoms with Crippen LogP contribution < -0.4 is 5.32 Å². The normalized spacial score (nSPS) is 10.6. The fourth-order valence-electron chi connectivity index (χ4n) is 1.99. The van der Waals surface area contributed by atoms with Gasteiger partial charge in [0.2, 0.25) is 11.0 Å². The number of aromatic nitrogens is 2. The van der Waals surface area contributed by atoms with Crippen LogP contribution in [0.25, 0.3) is 0 Å². The second-order valence-electron chi connectivity index (χ2n) is 5.17. The zero-order valence-electron chi connectivity index (χ0n) is 12.6. The fourth-order valence-corrected chi connectivity index (χ4v) is 2.78. The second kappa shape index (κ2) is 7.88. The summed E-state index contributed by atoms with van der Waals surface area (Å²) in [6.45, 7) is 4.21. The van der Waals surface area contributed by atoms with Gasteiger partial charge < -0.3 is 5.32 Å².